The van der Waals surface area contributed by atoms with Crippen LogP contribution in [0, 0.1) is 0 Å². The van der Waals surface area contributed by atoms with E-state index < -0.39 is 11.9 Å². The van der Waals surface area contributed by atoms with E-state index >= 15 is 0 Å². The Labute approximate surface area is 71.8 Å². The molecule has 0 aromatic carbocycles. The van der Waals surface area contributed by atoms with Crippen molar-refractivity contribution < 1.29 is 19.1 Å². The summed E-state index contributed by atoms with van der Waals surface area (Å²) in [7, 11) is 0. The average molecular weight is 174 g/mol. The Morgan fingerprint density at radius 3 is 1.50 bits per heavy atom. The number of carbonyl (C=O) groups excluding carboxylic acids is 2. The van der Waals surface area contributed by atoms with E-state index in [1.165, 1.54) is 12.8 Å². The summed E-state index contributed by atoms with van der Waals surface area (Å²) < 4.78 is 8.55. The first-order chi connectivity index (χ1) is 5.70. The van der Waals surface area contributed by atoms with Crippen molar-refractivity contribution in [2.45, 2.75) is 26.7 Å². The van der Waals surface area contributed by atoms with E-state index in [1.807, 2.05) is 0 Å². The highest BCUT2D eigenvalue weighted by atomic mass is 16.6. The molecule has 0 bridgehead atoms. The van der Waals surface area contributed by atoms with Gasteiger partial charge in [-0.05, 0) is 0 Å². The second kappa shape index (κ2) is 6.64. The van der Waals surface area contributed by atoms with E-state index in [-0.39, 0.29) is 13.2 Å². The smallest absolute Gasteiger partial charge is 0.344 e. The molecule has 1 aliphatic rings. The van der Waals surface area contributed by atoms with Gasteiger partial charge in [-0.1, -0.05) is 26.7 Å². The number of ether oxygens (including phenoxy) is 2. The van der Waals surface area contributed by atoms with Crippen molar-refractivity contribution in [3.8, 4) is 0 Å². The Kier molecular flexibility index (Phi) is 6.05. The third-order valence-electron chi connectivity index (χ3n) is 1.20. The second-order valence-electron chi connectivity index (χ2n) is 2.32. The molecule has 1 saturated heterocycles. The molecule has 0 aromatic heterocycles. The fraction of sp³-hybridized carbons (Fsp3) is 0.750. The molecule has 4 nitrogen and oxygen atoms in total. The fourth-order valence-corrected chi connectivity index (χ4v) is 0.362. The van der Waals surface area contributed by atoms with Crippen LogP contribution in [0.5, 0.6) is 0 Å². The van der Waals surface area contributed by atoms with Gasteiger partial charge in [0, 0.05) is 0 Å². The number of hydrogen-bond donors (Lipinski definition) is 0. The van der Waals surface area contributed by atoms with Gasteiger partial charge in [0.15, 0.2) is 13.2 Å². The molecule has 0 aromatic rings. The van der Waals surface area contributed by atoms with Crippen molar-refractivity contribution in [3.63, 3.8) is 0 Å². The van der Waals surface area contributed by atoms with Gasteiger partial charge in [-0.2, -0.15) is 0 Å². The lowest BCUT2D eigenvalue weighted by Gasteiger charge is -2.09. The van der Waals surface area contributed by atoms with Gasteiger partial charge in [0.1, 0.15) is 0 Å². The molecule has 0 saturated carbocycles. The maximum atomic E-state index is 10.1. The Balaban J connectivity index is 0.000000261. The highest BCUT2D eigenvalue weighted by Crippen LogP contribution is 1.90. The summed E-state index contributed by atoms with van der Waals surface area (Å²) in [4.78, 5) is 20.2. The van der Waals surface area contributed by atoms with Crippen molar-refractivity contribution in [2.24, 2.45) is 0 Å². The predicted octanol–water partition coefficient (Wildman–Crippen LogP) is 0.893. The molecule has 0 unspecified atom stereocenters. The minimum Gasteiger partial charge on any atom is -0.451 e. The van der Waals surface area contributed by atoms with E-state index in [0.717, 1.165) is 0 Å². The normalized spacial score (nSPS) is 15.5. The van der Waals surface area contributed by atoms with Crippen LogP contribution in [0.3, 0.4) is 0 Å². The average Bonchev–Trinajstić information content (AvgIpc) is 2.11. The highest BCUT2D eigenvalue weighted by Gasteiger charge is 2.16. The summed E-state index contributed by atoms with van der Waals surface area (Å²) in [5, 5.41) is 0. The fourth-order valence-electron chi connectivity index (χ4n) is 0.362. The lowest BCUT2D eigenvalue weighted by molar-refractivity contribution is -0.174. The summed E-state index contributed by atoms with van der Waals surface area (Å²) in [6.45, 7) is 3.89. The molecule has 0 aliphatic carbocycles. The van der Waals surface area contributed by atoms with Crippen LogP contribution < -0.4 is 0 Å². The first kappa shape index (κ1) is 10.9. The van der Waals surface area contributed by atoms with E-state index in [2.05, 4.69) is 23.3 Å². The zero-order chi connectivity index (χ0) is 9.40. The van der Waals surface area contributed by atoms with Crippen LogP contribution in [-0.2, 0) is 19.1 Å². The van der Waals surface area contributed by atoms with Crippen molar-refractivity contribution in [1.29, 1.82) is 0 Å². The van der Waals surface area contributed by atoms with Gasteiger partial charge in [-0.3, -0.25) is 0 Å². The molecule has 1 rings (SSSR count). The van der Waals surface area contributed by atoms with Crippen molar-refractivity contribution in [1.82, 2.24) is 0 Å². The molecule has 0 atom stereocenters. The summed E-state index contributed by atoms with van der Waals surface area (Å²) in [6.07, 6.45) is 2.64. The number of esters is 2. The van der Waals surface area contributed by atoms with Crippen molar-refractivity contribution >= 4 is 11.9 Å². The number of unbranched alkanes of at least 4 members (excludes halogenated alkanes) is 1. The van der Waals surface area contributed by atoms with Crippen LogP contribution in [0.2, 0.25) is 0 Å². The Morgan fingerprint density at radius 2 is 1.33 bits per heavy atom. The number of hydrogen-bond acceptors (Lipinski definition) is 4. The molecular weight excluding hydrogens is 160 g/mol. The SMILES string of the molecule is CCCC.O=C1COC(=O)CO1. The van der Waals surface area contributed by atoms with Gasteiger partial charge < -0.3 is 9.47 Å². The topological polar surface area (TPSA) is 52.6 Å². The Bertz CT molecular complexity index is 123. The second-order valence-corrected chi connectivity index (χ2v) is 2.32. The first-order valence-electron chi connectivity index (χ1n) is 4.02. The standard InChI is InChI=1S/C4H4O4.C4H10/c5-3-1-7-4(6)2-8-3;1-3-4-2/h1-2H2;3-4H2,1-2H3. The molecule has 1 fully saturated rings. The van der Waals surface area contributed by atoms with Gasteiger partial charge in [-0.25, -0.2) is 9.59 Å². The summed E-state index contributed by atoms with van der Waals surface area (Å²) in [5.74, 6) is -0.964. The molecule has 0 radical (unpaired) electrons. The first-order valence-corrected chi connectivity index (χ1v) is 4.02. The van der Waals surface area contributed by atoms with E-state index in [4.69, 9.17) is 0 Å². The van der Waals surface area contributed by atoms with Crippen LogP contribution in [0.15, 0.2) is 0 Å². The van der Waals surface area contributed by atoms with Crippen molar-refractivity contribution in [3.05, 3.63) is 0 Å². The van der Waals surface area contributed by atoms with Gasteiger partial charge in [-0.15, -0.1) is 0 Å². The van der Waals surface area contributed by atoms with Crippen LogP contribution in [-0.4, -0.2) is 25.2 Å². The van der Waals surface area contributed by atoms with Crippen LogP contribution in [0.25, 0.3) is 0 Å². The summed E-state index contributed by atoms with van der Waals surface area (Å²) >= 11 is 0. The minimum absolute atomic E-state index is 0.237. The molecule has 12 heavy (non-hydrogen) atoms. The van der Waals surface area contributed by atoms with Crippen LogP contribution >= 0.6 is 0 Å². The third-order valence-corrected chi connectivity index (χ3v) is 1.20. The van der Waals surface area contributed by atoms with E-state index in [9.17, 15) is 9.59 Å². The van der Waals surface area contributed by atoms with E-state index in [0.29, 0.717) is 0 Å². The largest absolute Gasteiger partial charge is 0.451 e. The van der Waals surface area contributed by atoms with Gasteiger partial charge >= 0.3 is 11.9 Å². The van der Waals surface area contributed by atoms with Gasteiger partial charge in [0.05, 0.1) is 0 Å². The molecule has 1 aliphatic heterocycles. The monoisotopic (exact) mass is 174 g/mol. The zero-order valence-corrected chi connectivity index (χ0v) is 7.46. The summed E-state index contributed by atoms with van der Waals surface area (Å²) in [5.41, 5.74) is 0. The lowest BCUT2D eigenvalue weighted by Crippen LogP contribution is -2.27. The molecule has 0 spiro atoms. The maximum Gasteiger partial charge on any atom is 0.344 e. The molecule has 4 heteroatoms. The molecule has 0 amide bonds. The molecule has 70 valence electrons. The minimum atomic E-state index is -0.482. The summed E-state index contributed by atoms with van der Waals surface area (Å²) in [6, 6.07) is 0. The van der Waals surface area contributed by atoms with Gasteiger partial charge in [0.2, 0.25) is 0 Å². The Hall–Kier alpha value is -1.06. The number of rotatable bonds is 1. The molecular formula is C8H14O4. The Morgan fingerprint density at radius 1 is 1.00 bits per heavy atom. The third kappa shape index (κ3) is 5.70. The van der Waals surface area contributed by atoms with Gasteiger partial charge in [0.25, 0.3) is 0 Å². The maximum absolute atomic E-state index is 10.1. The molecule has 0 N–H and O–H groups in total. The molecule has 1 heterocycles. The predicted molar refractivity (Wildman–Crippen MR) is 42.5 cm³/mol. The number of cyclic esters (lactones) is 2. The lowest BCUT2D eigenvalue weighted by atomic mass is 10.4. The quantitative estimate of drug-likeness (QED) is 0.554. The van der Waals surface area contributed by atoms with Crippen LogP contribution in [0.1, 0.15) is 26.7 Å². The zero-order valence-electron chi connectivity index (χ0n) is 7.46. The highest BCUT2D eigenvalue weighted by molar-refractivity contribution is 5.82. The van der Waals surface area contributed by atoms with Crippen molar-refractivity contribution in [2.75, 3.05) is 13.2 Å². The van der Waals surface area contributed by atoms with Crippen LogP contribution in [0.4, 0.5) is 0 Å². The number of carbonyl (C=O) groups is 2. The van der Waals surface area contributed by atoms with E-state index in [1.54, 1.807) is 0 Å².